The van der Waals surface area contributed by atoms with Gasteiger partial charge in [-0.1, -0.05) is 26.0 Å². The monoisotopic (exact) mass is 236 g/mol. The minimum atomic E-state index is 0.109. The molecule has 0 spiro atoms. The summed E-state index contributed by atoms with van der Waals surface area (Å²) < 4.78 is 11.8. The minimum absolute atomic E-state index is 0.109. The zero-order valence-electron chi connectivity index (χ0n) is 11.5. The zero-order valence-corrected chi connectivity index (χ0v) is 11.5. The lowest BCUT2D eigenvalue weighted by Crippen LogP contribution is -2.17. The van der Waals surface area contributed by atoms with Gasteiger partial charge in [-0.15, -0.1) is 0 Å². The van der Waals surface area contributed by atoms with E-state index in [9.17, 15) is 0 Å². The molecule has 0 aromatic rings. The highest BCUT2D eigenvalue weighted by Gasteiger charge is 2.57. The van der Waals surface area contributed by atoms with Crippen molar-refractivity contribution < 1.29 is 9.47 Å². The Morgan fingerprint density at radius 2 is 1.71 bits per heavy atom. The van der Waals surface area contributed by atoms with Gasteiger partial charge in [0.1, 0.15) is 0 Å². The number of epoxide rings is 2. The summed E-state index contributed by atoms with van der Waals surface area (Å²) in [5, 5.41) is 0. The van der Waals surface area contributed by atoms with Gasteiger partial charge in [0.2, 0.25) is 0 Å². The van der Waals surface area contributed by atoms with Gasteiger partial charge >= 0.3 is 0 Å². The van der Waals surface area contributed by atoms with Crippen molar-refractivity contribution in [2.75, 3.05) is 0 Å². The Hall–Kier alpha value is -0.340. The molecule has 3 aliphatic rings. The molecule has 0 saturated carbocycles. The van der Waals surface area contributed by atoms with Gasteiger partial charge in [-0.25, -0.2) is 0 Å². The summed E-state index contributed by atoms with van der Waals surface area (Å²) in [5.74, 6) is 0. The average molecular weight is 236 g/mol. The molecule has 4 unspecified atom stereocenters. The first kappa shape index (κ1) is 11.7. The van der Waals surface area contributed by atoms with Crippen LogP contribution in [0.4, 0.5) is 0 Å². The predicted molar refractivity (Wildman–Crippen MR) is 67.9 cm³/mol. The normalized spacial score (nSPS) is 53.9. The van der Waals surface area contributed by atoms with E-state index in [2.05, 4.69) is 39.8 Å². The summed E-state index contributed by atoms with van der Waals surface area (Å²) >= 11 is 0. The predicted octanol–water partition coefficient (Wildman–Crippen LogP) is 3.46. The summed E-state index contributed by atoms with van der Waals surface area (Å²) in [6.45, 7) is 9.10. The molecule has 2 fully saturated rings. The summed E-state index contributed by atoms with van der Waals surface area (Å²) in [5.41, 5.74) is 0.480. The van der Waals surface area contributed by atoms with E-state index in [0.717, 1.165) is 25.7 Å². The second kappa shape index (κ2) is 3.36. The van der Waals surface area contributed by atoms with Crippen LogP contribution in [0, 0.1) is 5.41 Å². The van der Waals surface area contributed by atoms with Crippen molar-refractivity contribution in [2.45, 2.75) is 76.8 Å². The molecule has 2 heteroatoms. The number of rotatable bonds is 0. The first-order chi connectivity index (χ1) is 7.83. The van der Waals surface area contributed by atoms with E-state index in [1.54, 1.807) is 0 Å². The van der Waals surface area contributed by atoms with E-state index in [1.807, 2.05) is 0 Å². The van der Waals surface area contributed by atoms with Gasteiger partial charge in [-0.3, -0.25) is 0 Å². The van der Waals surface area contributed by atoms with Crippen LogP contribution in [0.5, 0.6) is 0 Å². The Morgan fingerprint density at radius 1 is 1.00 bits per heavy atom. The number of hydrogen-bond donors (Lipinski definition) is 0. The molecule has 4 atom stereocenters. The van der Waals surface area contributed by atoms with Gasteiger partial charge in [-0.2, -0.15) is 0 Å². The summed E-state index contributed by atoms with van der Waals surface area (Å²) in [6, 6.07) is 0. The number of hydrogen-bond acceptors (Lipinski definition) is 2. The van der Waals surface area contributed by atoms with Crippen molar-refractivity contribution in [1.29, 1.82) is 0 Å². The highest BCUT2D eigenvalue weighted by Crippen LogP contribution is 2.51. The summed E-state index contributed by atoms with van der Waals surface area (Å²) in [7, 11) is 0. The highest BCUT2D eigenvalue weighted by atomic mass is 16.6. The van der Waals surface area contributed by atoms with Gasteiger partial charge in [0.05, 0.1) is 23.4 Å². The van der Waals surface area contributed by atoms with Gasteiger partial charge in [-0.05, 0) is 44.9 Å². The third-order valence-corrected chi connectivity index (χ3v) is 4.78. The van der Waals surface area contributed by atoms with E-state index >= 15 is 0 Å². The topological polar surface area (TPSA) is 25.1 Å². The van der Waals surface area contributed by atoms with Crippen LogP contribution in [-0.2, 0) is 9.47 Å². The molecule has 0 amide bonds. The minimum Gasteiger partial charge on any atom is -0.366 e. The molecule has 3 rings (SSSR count). The average Bonchev–Trinajstić information content (AvgIpc) is 3.01. The van der Waals surface area contributed by atoms with Gasteiger partial charge in [0.25, 0.3) is 0 Å². The quantitative estimate of drug-likeness (QED) is 0.475. The van der Waals surface area contributed by atoms with Crippen molar-refractivity contribution in [3.05, 3.63) is 12.2 Å². The molecule has 2 heterocycles. The summed E-state index contributed by atoms with van der Waals surface area (Å²) in [6.07, 6.45) is 10.1. The molecule has 96 valence electrons. The van der Waals surface area contributed by atoms with Crippen LogP contribution in [0.2, 0.25) is 0 Å². The Labute approximate surface area is 104 Å². The zero-order chi connectivity index (χ0) is 12.3. The molecular formula is C15H24O2. The number of allylic oxidation sites excluding steroid dienone is 1. The van der Waals surface area contributed by atoms with E-state index < -0.39 is 0 Å². The standard InChI is InChI=1S/C15H24O2/c1-13(2)7-5-8-14(3)11(16-14)6-9-15(4)12(10-13)17-15/h5,7,11-12H,6,8-10H2,1-4H3/b7-5-. The third-order valence-electron chi connectivity index (χ3n) is 4.78. The molecule has 0 N–H and O–H groups in total. The Kier molecular flexibility index (Phi) is 2.32. The van der Waals surface area contributed by atoms with Gasteiger partial charge in [0, 0.05) is 0 Å². The third kappa shape index (κ3) is 2.17. The first-order valence-electron chi connectivity index (χ1n) is 6.86. The molecule has 2 saturated heterocycles. The highest BCUT2D eigenvalue weighted by molar-refractivity contribution is 5.12. The fourth-order valence-corrected chi connectivity index (χ4v) is 3.18. The van der Waals surface area contributed by atoms with Crippen LogP contribution in [0.15, 0.2) is 12.2 Å². The van der Waals surface area contributed by atoms with Crippen molar-refractivity contribution in [3.63, 3.8) is 0 Å². The molecule has 0 bridgehead atoms. The maximum atomic E-state index is 5.92. The molecule has 17 heavy (non-hydrogen) atoms. The largest absolute Gasteiger partial charge is 0.366 e. The SMILES string of the molecule is CC1(C)/C=C\CC2(C)OC2CCC2(C)OC2C1. The molecule has 2 nitrogen and oxygen atoms in total. The van der Waals surface area contributed by atoms with Crippen LogP contribution in [0.25, 0.3) is 0 Å². The maximum absolute atomic E-state index is 5.92. The van der Waals surface area contributed by atoms with Crippen LogP contribution in [0.1, 0.15) is 53.4 Å². The van der Waals surface area contributed by atoms with Crippen molar-refractivity contribution >= 4 is 0 Å². The summed E-state index contributed by atoms with van der Waals surface area (Å²) in [4.78, 5) is 0. The lowest BCUT2D eigenvalue weighted by atomic mass is 9.84. The van der Waals surface area contributed by atoms with Crippen molar-refractivity contribution in [2.24, 2.45) is 5.41 Å². The fraction of sp³-hybridized carbons (Fsp3) is 0.867. The molecular weight excluding hydrogens is 212 g/mol. The molecule has 2 aliphatic heterocycles. The Bertz CT molecular complexity index is 360. The molecule has 0 aromatic heterocycles. The Morgan fingerprint density at radius 3 is 2.47 bits per heavy atom. The van der Waals surface area contributed by atoms with Crippen LogP contribution < -0.4 is 0 Å². The van der Waals surface area contributed by atoms with Gasteiger partial charge in [0.15, 0.2) is 0 Å². The van der Waals surface area contributed by atoms with E-state index in [-0.39, 0.29) is 16.6 Å². The number of fused-ring (bicyclic) bond motifs is 2. The van der Waals surface area contributed by atoms with Crippen molar-refractivity contribution in [1.82, 2.24) is 0 Å². The lowest BCUT2D eigenvalue weighted by Gasteiger charge is -2.19. The second-order valence-corrected chi connectivity index (χ2v) is 7.18. The molecule has 0 aromatic carbocycles. The van der Waals surface area contributed by atoms with Crippen LogP contribution in [-0.4, -0.2) is 23.4 Å². The van der Waals surface area contributed by atoms with Gasteiger partial charge < -0.3 is 9.47 Å². The van der Waals surface area contributed by atoms with E-state index in [1.165, 1.54) is 0 Å². The van der Waals surface area contributed by atoms with E-state index in [0.29, 0.717) is 12.2 Å². The van der Waals surface area contributed by atoms with Crippen LogP contribution >= 0.6 is 0 Å². The Balaban J connectivity index is 1.77. The molecule has 0 radical (unpaired) electrons. The van der Waals surface area contributed by atoms with Crippen molar-refractivity contribution in [3.8, 4) is 0 Å². The maximum Gasteiger partial charge on any atom is 0.0954 e. The van der Waals surface area contributed by atoms with Crippen LogP contribution in [0.3, 0.4) is 0 Å². The number of ether oxygens (including phenoxy) is 2. The van der Waals surface area contributed by atoms with E-state index in [4.69, 9.17) is 9.47 Å². The smallest absolute Gasteiger partial charge is 0.0954 e. The second-order valence-electron chi connectivity index (χ2n) is 7.18. The first-order valence-corrected chi connectivity index (χ1v) is 6.86. The molecule has 1 aliphatic carbocycles. The lowest BCUT2D eigenvalue weighted by molar-refractivity contribution is 0.267. The fourth-order valence-electron chi connectivity index (χ4n) is 3.18.